The molecular formula is C13H14O4. The van der Waals surface area contributed by atoms with Crippen molar-refractivity contribution in [3.05, 3.63) is 60.1 Å². The first-order valence-corrected chi connectivity index (χ1v) is 5.05. The Morgan fingerprint density at radius 2 is 2.06 bits per heavy atom. The number of aliphatic hydroxyl groups is 1. The molecule has 1 aromatic carbocycles. The molecule has 0 aliphatic carbocycles. The number of carbonyl (C=O) groups excluding carboxylic acids is 1. The molecule has 0 saturated carbocycles. The van der Waals surface area contributed by atoms with Crippen LogP contribution < -0.4 is 0 Å². The third-order valence-electron chi connectivity index (χ3n) is 1.91. The fourth-order valence-electron chi connectivity index (χ4n) is 1.08. The summed E-state index contributed by atoms with van der Waals surface area (Å²) in [6, 6.07) is 8.64. The van der Waals surface area contributed by atoms with E-state index in [1.807, 2.05) is 6.07 Å². The summed E-state index contributed by atoms with van der Waals surface area (Å²) in [6.07, 6.45) is 4.19. The number of rotatable bonds is 5. The lowest BCUT2D eigenvalue weighted by atomic mass is 10.2. The largest absolute Gasteiger partial charge is 0.494 e. The molecule has 0 fully saturated rings. The Balaban J connectivity index is 2.63. The Bertz CT molecular complexity index is 407. The first-order chi connectivity index (χ1) is 8.27. The van der Waals surface area contributed by atoms with E-state index in [2.05, 4.69) is 0 Å². The normalized spacial score (nSPS) is 11.5. The number of carbonyl (C=O) groups is 1. The maximum absolute atomic E-state index is 11.5. The second-order valence-electron chi connectivity index (χ2n) is 3.08. The maximum Gasteiger partial charge on any atom is 0.343 e. The molecule has 0 radical (unpaired) electrons. The summed E-state index contributed by atoms with van der Waals surface area (Å²) < 4.78 is 9.84. The second-order valence-corrected chi connectivity index (χ2v) is 3.08. The van der Waals surface area contributed by atoms with Gasteiger partial charge in [-0.2, -0.15) is 0 Å². The van der Waals surface area contributed by atoms with E-state index < -0.39 is 5.97 Å². The maximum atomic E-state index is 11.5. The Morgan fingerprint density at radius 3 is 2.65 bits per heavy atom. The lowest BCUT2D eigenvalue weighted by Crippen LogP contribution is -2.00. The van der Waals surface area contributed by atoms with Crippen molar-refractivity contribution in [1.82, 2.24) is 0 Å². The Morgan fingerprint density at radius 1 is 1.35 bits per heavy atom. The van der Waals surface area contributed by atoms with Gasteiger partial charge in [-0.1, -0.05) is 24.3 Å². The van der Waals surface area contributed by atoms with Crippen molar-refractivity contribution in [3.63, 3.8) is 0 Å². The van der Waals surface area contributed by atoms with Crippen molar-refractivity contribution in [2.24, 2.45) is 0 Å². The molecule has 0 aliphatic heterocycles. The van der Waals surface area contributed by atoms with Gasteiger partial charge in [0.1, 0.15) is 6.26 Å². The summed E-state index contributed by atoms with van der Waals surface area (Å²) in [7, 11) is 1.45. The highest BCUT2D eigenvalue weighted by Crippen LogP contribution is 2.04. The van der Waals surface area contributed by atoms with E-state index >= 15 is 0 Å². The minimum absolute atomic E-state index is 0.104. The van der Waals surface area contributed by atoms with Gasteiger partial charge in [0.2, 0.25) is 0 Å². The molecule has 1 rings (SSSR count). The lowest BCUT2D eigenvalue weighted by Gasteiger charge is -2.02. The van der Waals surface area contributed by atoms with Gasteiger partial charge >= 0.3 is 5.97 Å². The summed E-state index contributed by atoms with van der Waals surface area (Å²) in [6.45, 7) is -0.104. The highest BCUT2D eigenvalue weighted by atomic mass is 16.5. The van der Waals surface area contributed by atoms with Crippen LogP contribution in [0.2, 0.25) is 0 Å². The lowest BCUT2D eigenvalue weighted by molar-refractivity contribution is 0.0650. The van der Waals surface area contributed by atoms with E-state index in [1.54, 1.807) is 24.3 Å². The quantitative estimate of drug-likeness (QED) is 0.480. The van der Waals surface area contributed by atoms with Crippen LogP contribution in [0.3, 0.4) is 0 Å². The Hall–Kier alpha value is -2.07. The highest BCUT2D eigenvalue weighted by molar-refractivity contribution is 5.89. The van der Waals surface area contributed by atoms with Crippen molar-refractivity contribution in [1.29, 1.82) is 0 Å². The van der Waals surface area contributed by atoms with E-state index in [1.165, 1.54) is 25.5 Å². The summed E-state index contributed by atoms with van der Waals surface area (Å²) in [5, 5.41) is 8.59. The standard InChI is InChI=1S/C13H14O4/c1-16-12(8-5-9-14)10-17-13(15)11-6-3-2-4-7-11/h2-8,10,14H,9H2,1H3/b8-5+,12-10-. The summed E-state index contributed by atoms with van der Waals surface area (Å²) in [5.74, 6) is -0.110. The number of hydrogen-bond donors (Lipinski definition) is 1. The number of allylic oxidation sites excluding steroid dienone is 1. The van der Waals surface area contributed by atoms with Crippen LogP contribution in [0.15, 0.2) is 54.5 Å². The molecule has 0 aromatic heterocycles. The van der Waals surface area contributed by atoms with E-state index in [0.717, 1.165) is 0 Å². The Kier molecular flexibility index (Phi) is 5.54. The topological polar surface area (TPSA) is 55.8 Å². The van der Waals surface area contributed by atoms with E-state index in [9.17, 15) is 4.79 Å². The van der Waals surface area contributed by atoms with Gasteiger partial charge in [-0.05, 0) is 18.2 Å². The number of methoxy groups -OCH3 is 1. The van der Waals surface area contributed by atoms with E-state index in [4.69, 9.17) is 14.6 Å². The van der Waals surface area contributed by atoms with E-state index in [0.29, 0.717) is 11.3 Å². The molecule has 4 heteroatoms. The third-order valence-corrected chi connectivity index (χ3v) is 1.91. The monoisotopic (exact) mass is 234 g/mol. The van der Waals surface area contributed by atoms with Gasteiger partial charge in [0.25, 0.3) is 0 Å². The molecule has 17 heavy (non-hydrogen) atoms. The van der Waals surface area contributed by atoms with Gasteiger partial charge in [-0.3, -0.25) is 0 Å². The fraction of sp³-hybridized carbons (Fsp3) is 0.154. The summed E-state index contributed by atoms with van der Waals surface area (Å²) in [4.78, 5) is 11.5. The van der Waals surface area contributed by atoms with Gasteiger partial charge in [0, 0.05) is 0 Å². The average molecular weight is 234 g/mol. The van der Waals surface area contributed by atoms with Gasteiger partial charge in [0.15, 0.2) is 5.76 Å². The van der Waals surface area contributed by atoms with Crippen LogP contribution in [0.4, 0.5) is 0 Å². The molecule has 0 bridgehead atoms. The molecule has 4 nitrogen and oxygen atoms in total. The first kappa shape index (κ1) is 13.0. The molecule has 90 valence electrons. The number of benzene rings is 1. The second kappa shape index (κ2) is 7.24. The minimum atomic E-state index is -0.461. The fourth-order valence-corrected chi connectivity index (χ4v) is 1.08. The predicted octanol–water partition coefficient (Wildman–Crippen LogP) is 1.88. The molecule has 1 N–H and O–H groups in total. The smallest absolute Gasteiger partial charge is 0.343 e. The first-order valence-electron chi connectivity index (χ1n) is 5.05. The van der Waals surface area contributed by atoms with Crippen LogP contribution in [0.5, 0.6) is 0 Å². The zero-order valence-electron chi connectivity index (χ0n) is 9.50. The van der Waals surface area contributed by atoms with Crippen LogP contribution in [0.1, 0.15) is 10.4 Å². The van der Waals surface area contributed by atoms with Crippen molar-refractivity contribution < 1.29 is 19.4 Å². The van der Waals surface area contributed by atoms with Gasteiger partial charge < -0.3 is 14.6 Å². The zero-order valence-corrected chi connectivity index (χ0v) is 9.50. The zero-order chi connectivity index (χ0) is 12.5. The van der Waals surface area contributed by atoms with Crippen LogP contribution >= 0.6 is 0 Å². The molecule has 0 heterocycles. The summed E-state index contributed by atoms with van der Waals surface area (Å²) >= 11 is 0. The van der Waals surface area contributed by atoms with Crippen LogP contribution in [-0.2, 0) is 9.47 Å². The van der Waals surface area contributed by atoms with Crippen LogP contribution in [-0.4, -0.2) is 24.8 Å². The molecule has 0 spiro atoms. The SMILES string of the molecule is COC(=C\OC(=O)c1ccccc1)/C=C/CO. The van der Waals surface area contributed by atoms with Crippen molar-refractivity contribution in [3.8, 4) is 0 Å². The van der Waals surface area contributed by atoms with E-state index in [-0.39, 0.29) is 6.61 Å². The Labute approximate surface area is 99.8 Å². The number of hydrogen-bond acceptors (Lipinski definition) is 4. The van der Waals surface area contributed by atoms with Gasteiger partial charge in [-0.25, -0.2) is 4.79 Å². The predicted molar refractivity (Wildman–Crippen MR) is 63.2 cm³/mol. The van der Waals surface area contributed by atoms with Crippen LogP contribution in [0.25, 0.3) is 0 Å². The third kappa shape index (κ3) is 4.53. The highest BCUT2D eigenvalue weighted by Gasteiger charge is 2.04. The van der Waals surface area contributed by atoms with Gasteiger partial charge in [-0.15, -0.1) is 0 Å². The number of esters is 1. The van der Waals surface area contributed by atoms with Crippen molar-refractivity contribution in [2.45, 2.75) is 0 Å². The molecule has 0 saturated heterocycles. The number of ether oxygens (including phenoxy) is 2. The molecule has 0 atom stereocenters. The van der Waals surface area contributed by atoms with Gasteiger partial charge in [0.05, 0.1) is 19.3 Å². The molecule has 0 aliphatic rings. The molecule has 0 amide bonds. The number of aliphatic hydroxyl groups excluding tert-OH is 1. The molecule has 0 unspecified atom stereocenters. The van der Waals surface area contributed by atoms with Crippen LogP contribution in [0, 0.1) is 0 Å². The summed E-state index contributed by atoms with van der Waals surface area (Å²) in [5.41, 5.74) is 0.463. The van der Waals surface area contributed by atoms with Crippen molar-refractivity contribution >= 4 is 5.97 Å². The minimum Gasteiger partial charge on any atom is -0.494 e. The molecule has 1 aromatic rings. The molecular weight excluding hydrogens is 220 g/mol. The van der Waals surface area contributed by atoms with Crippen molar-refractivity contribution in [2.75, 3.05) is 13.7 Å². The average Bonchev–Trinajstić information content (AvgIpc) is 2.39.